The molecule has 158 valence electrons. The van der Waals surface area contributed by atoms with Crippen molar-refractivity contribution in [2.24, 2.45) is 0 Å². The van der Waals surface area contributed by atoms with E-state index < -0.39 is 10.0 Å². The SMILES string of the molecule is CSc1ccc(S(=O)(=O)N(C)CC(=O)N[C@@H](C)CC(C)(C)c2ccccc2)cc1. The monoisotopic (exact) mass is 434 g/mol. The molecule has 7 heteroatoms. The molecule has 0 radical (unpaired) electrons. The van der Waals surface area contributed by atoms with Crippen LogP contribution in [0.5, 0.6) is 0 Å². The second-order valence-corrected chi connectivity index (χ2v) is 10.8. The van der Waals surface area contributed by atoms with E-state index in [0.29, 0.717) is 0 Å². The second-order valence-electron chi connectivity index (χ2n) is 7.86. The van der Waals surface area contributed by atoms with E-state index in [-0.39, 0.29) is 28.8 Å². The van der Waals surface area contributed by atoms with Crippen molar-refractivity contribution in [2.75, 3.05) is 19.8 Å². The Morgan fingerprint density at radius 1 is 1.10 bits per heavy atom. The fourth-order valence-corrected chi connectivity index (χ4v) is 4.89. The van der Waals surface area contributed by atoms with E-state index >= 15 is 0 Å². The summed E-state index contributed by atoms with van der Waals surface area (Å²) < 4.78 is 26.5. The lowest BCUT2D eigenvalue weighted by Crippen LogP contribution is -2.43. The van der Waals surface area contributed by atoms with Gasteiger partial charge in [-0.2, -0.15) is 4.31 Å². The number of hydrogen-bond acceptors (Lipinski definition) is 4. The number of carbonyl (C=O) groups excluding carboxylic acids is 1. The standard InChI is InChI=1S/C22H30N2O3S2/c1-17(15-22(2,3)18-9-7-6-8-10-18)23-21(25)16-24(4)29(26,27)20-13-11-19(28-5)12-14-20/h6-14,17H,15-16H2,1-5H3,(H,23,25)/t17-/m0/s1. The number of sulfonamides is 1. The van der Waals surface area contributed by atoms with E-state index in [1.807, 2.05) is 31.4 Å². The topological polar surface area (TPSA) is 66.5 Å². The summed E-state index contributed by atoms with van der Waals surface area (Å²) in [5.74, 6) is -0.312. The smallest absolute Gasteiger partial charge is 0.243 e. The highest BCUT2D eigenvalue weighted by molar-refractivity contribution is 7.98. The zero-order valence-electron chi connectivity index (χ0n) is 17.7. The van der Waals surface area contributed by atoms with Crippen molar-refractivity contribution in [3.8, 4) is 0 Å². The molecular weight excluding hydrogens is 404 g/mol. The number of thioether (sulfide) groups is 1. The first-order chi connectivity index (χ1) is 13.6. The van der Waals surface area contributed by atoms with Crippen LogP contribution in [-0.4, -0.2) is 44.5 Å². The molecule has 0 aromatic heterocycles. The molecule has 0 saturated heterocycles. The molecule has 2 aromatic carbocycles. The minimum atomic E-state index is -3.71. The van der Waals surface area contributed by atoms with Gasteiger partial charge in [-0.3, -0.25) is 4.79 Å². The Balaban J connectivity index is 1.96. The summed E-state index contributed by atoms with van der Waals surface area (Å²) in [6, 6.07) is 16.7. The van der Waals surface area contributed by atoms with Gasteiger partial charge in [0.1, 0.15) is 0 Å². The first-order valence-corrected chi connectivity index (χ1v) is 12.2. The molecule has 0 fully saturated rings. The second kappa shape index (κ2) is 9.78. The first kappa shape index (κ1) is 23.4. The van der Waals surface area contributed by atoms with Crippen LogP contribution in [0.3, 0.4) is 0 Å². The van der Waals surface area contributed by atoms with Gasteiger partial charge in [-0.05, 0) is 54.8 Å². The average Bonchev–Trinajstić information content (AvgIpc) is 2.68. The summed E-state index contributed by atoms with van der Waals surface area (Å²) in [5.41, 5.74) is 1.10. The number of benzene rings is 2. The minimum absolute atomic E-state index is 0.0883. The lowest BCUT2D eigenvalue weighted by Gasteiger charge is -2.29. The number of likely N-dealkylation sites (N-methyl/N-ethyl adjacent to an activating group) is 1. The molecule has 29 heavy (non-hydrogen) atoms. The molecule has 0 aliphatic heterocycles. The van der Waals surface area contributed by atoms with Crippen LogP contribution >= 0.6 is 11.8 Å². The summed E-state index contributed by atoms with van der Waals surface area (Å²) >= 11 is 1.54. The maximum atomic E-state index is 12.7. The molecule has 0 aliphatic carbocycles. The molecule has 5 nitrogen and oxygen atoms in total. The van der Waals surface area contributed by atoms with Crippen LogP contribution in [-0.2, 0) is 20.2 Å². The molecule has 1 N–H and O–H groups in total. The van der Waals surface area contributed by atoms with Gasteiger partial charge in [0.05, 0.1) is 11.4 Å². The number of rotatable bonds is 9. The number of carbonyl (C=O) groups is 1. The van der Waals surface area contributed by atoms with Crippen LogP contribution in [0.1, 0.15) is 32.8 Å². The predicted molar refractivity (Wildman–Crippen MR) is 120 cm³/mol. The van der Waals surface area contributed by atoms with Gasteiger partial charge in [-0.25, -0.2) is 8.42 Å². The van der Waals surface area contributed by atoms with Gasteiger partial charge in [0.25, 0.3) is 0 Å². The van der Waals surface area contributed by atoms with Crippen molar-refractivity contribution in [3.63, 3.8) is 0 Å². The molecule has 0 bridgehead atoms. The Morgan fingerprint density at radius 3 is 2.24 bits per heavy atom. The molecular formula is C22H30N2O3S2. The maximum Gasteiger partial charge on any atom is 0.243 e. The third-order valence-corrected chi connectivity index (χ3v) is 7.47. The van der Waals surface area contributed by atoms with Crippen molar-refractivity contribution in [3.05, 3.63) is 60.2 Å². The lowest BCUT2D eigenvalue weighted by atomic mass is 9.79. The summed E-state index contributed by atoms with van der Waals surface area (Å²) in [4.78, 5) is 13.6. The highest BCUT2D eigenvalue weighted by atomic mass is 32.2. The number of nitrogens with zero attached hydrogens (tertiary/aromatic N) is 1. The van der Waals surface area contributed by atoms with E-state index in [2.05, 4.69) is 31.3 Å². The van der Waals surface area contributed by atoms with Crippen LogP contribution < -0.4 is 5.32 Å². The van der Waals surface area contributed by atoms with E-state index in [4.69, 9.17) is 0 Å². The van der Waals surface area contributed by atoms with E-state index in [9.17, 15) is 13.2 Å². The van der Waals surface area contributed by atoms with Gasteiger partial charge >= 0.3 is 0 Å². The normalized spacial score (nSPS) is 13.3. The third kappa shape index (κ3) is 6.32. The summed E-state index contributed by atoms with van der Waals surface area (Å²) in [5, 5.41) is 2.93. The zero-order chi connectivity index (χ0) is 21.7. The fourth-order valence-electron chi connectivity index (χ4n) is 3.36. The Labute approximate surface area is 178 Å². The molecule has 0 heterocycles. The number of hydrogen-bond donors (Lipinski definition) is 1. The van der Waals surface area contributed by atoms with Gasteiger partial charge in [0, 0.05) is 18.0 Å². The Bertz CT molecular complexity index is 911. The van der Waals surface area contributed by atoms with Gasteiger partial charge in [-0.1, -0.05) is 44.2 Å². The molecule has 2 aromatic rings. The van der Waals surface area contributed by atoms with Gasteiger partial charge < -0.3 is 5.32 Å². The van der Waals surface area contributed by atoms with Crippen molar-refractivity contribution < 1.29 is 13.2 Å². The first-order valence-electron chi connectivity index (χ1n) is 9.51. The molecule has 2 rings (SSSR count). The van der Waals surface area contributed by atoms with Crippen molar-refractivity contribution >= 4 is 27.7 Å². The number of nitrogens with one attached hydrogen (secondary N) is 1. The van der Waals surface area contributed by atoms with Crippen LogP contribution in [0.2, 0.25) is 0 Å². The maximum absolute atomic E-state index is 12.7. The minimum Gasteiger partial charge on any atom is -0.352 e. The van der Waals surface area contributed by atoms with Gasteiger partial charge in [0.15, 0.2) is 0 Å². The van der Waals surface area contributed by atoms with Gasteiger partial charge in [-0.15, -0.1) is 11.8 Å². The third-order valence-electron chi connectivity index (χ3n) is 4.91. The molecule has 1 atom stereocenters. The Kier molecular flexibility index (Phi) is 7.91. The molecule has 0 unspecified atom stereocenters. The summed E-state index contributed by atoms with van der Waals surface area (Å²) in [6.07, 6.45) is 2.68. The van der Waals surface area contributed by atoms with Crippen LogP contribution in [0, 0.1) is 0 Å². The highest BCUT2D eigenvalue weighted by Crippen LogP contribution is 2.28. The molecule has 0 aliphatic rings. The van der Waals surface area contributed by atoms with E-state index in [0.717, 1.165) is 15.6 Å². The summed E-state index contributed by atoms with van der Waals surface area (Å²) in [6.45, 7) is 6.00. The summed E-state index contributed by atoms with van der Waals surface area (Å²) in [7, 11) is -2.28. The van der Waals surface area contributed by atoms with Crippen LogP contribution in [0.25, 0.3) is 0 Å². The zero-order valence-corrected chi connectivity index (χ0v) is 19.3. The Hall–Kier alpha value is -1.83. The van der Waals surface area contributed by atoms with Crippen LogP contribution in [0.15, 0.2) is 64.4 Å². The average molecular weight is 435 g/mol. The fraction of sp³-hybridized carbons (Fsp3) is 0.409. The van der Waals surface area contributed by atoms with Crippen molar-refractivity contribution in [2.45, 2.75) is 48.4 Å². The molecule has 1 amide bonds. The van der Waals surface area contributed by atoms with Crippen molar-refractivity contribution in [1.29, 1.82) is 0 Å². The largest absolute Gasteiger partial charge is 0.352 e. The number of amides is 1. The van der Waals surface area contributed by atoms with Crippen LogP contribution in [0.4, 0.5) is 0 Å². The highest BCUT2D eigenvalue weighted by Gasteiger charge is 2.26. The Morgan fingerprint density at radius 2 is 1.69 bits per heavy atom. The van der Waals surface area contributed by atoms with Gasteiger partial charge in [0.2, 0.25) is 15.9 Å². The van der Waals surface area contributed by atoms with E-state index in [1.165, 1.54) is 12.6 Å². The lowest BCUT2D eigenvalue weighted by molar-refractivity contribution is -0.121. The van der Waals surface area contributed by atoms with Crippen molar-refractivity contribution in [1.82, 2.24) is 9.62 Å². The molecule has 0 spiro atoms. The quantitative estimate of drug-likeness (QED) is 0.608. The van der Waals surface area contributed by atoms with E-state index in [1.54, 1.807) is 36.0 Å². The molecule has 0 saturated carbocycles. The predicted octanol–water partition coefficient (Wildman–Crippen LogP) is 3.90.